The summed E-state index contributed by atoms with van der Waals surface area (Å²) in [6.07, 6.45) is 4.28. The minimum absolute atomic E-state index is 0.0388. The molecule has 1 amide bonds. The standard InChI is InChI=1S/C22H26N4O2/c1-16-4-2-6-19-20(16)25(17-7-8-17)10-11-26(19)22(27)18-5-3-9-23-21(18)24-12-14-28-15-13-24/h2-6,9,17H,7-8,10-15H2,1H3. The Morgan fingerprint density at radius 2 is 1.89 bits per heavy atom. The maximum absolute atomic E-state index is 13.6. The molecule has 3 aliphatic rings. The highest BCUT2D eigenvalue weighted by molar-refractivity contribution is 6.11. The molecule has 5 rings (SSSR count). The lowest BCUT2D eigenvalue weighted by Crippen LogP contribution is -2.46. The van der Waals surface area contributed by atoms with Gasteiger partial charge in [0.2, 0.25) is 0 Å². The summed E-state index contributed by atoms with van der Waals surface area (Å²) in [7, 11) is 0. The van der Waals surface area contributed by atoms with Crippen molar-refractivity contribution >= 4 is 23.1 Å². The van der Waals surface area contributed by atoms with Crippen molar-refractivity contribution in [3.05, 3.63) is 47.7 Å². The molecule has 1 aromatic heterocycles. The molecule has 3 heterocycles. The van der Waals surface area contributed by atoms with Crippen LogP contribution < -0.4 is 14.7 Å². The number of carbonyl (C=O) groups is 1. The molecule has 0 spiro atoms. The summed E-state index contributed by atoms with van der Waals surface area (Å²) in [5, 5.41) is 0. The van der Waals surface area contributed by atoms with Crippen molar-refractivity contribution in [1.82, 2.24) is 4.98 Å². The first kappa shape index (κ1) is 17.5. The number of hydrogen-bond donors (Lipinski definition) is 0. The summed E-state index contributed by atoms with van der Waals surface area (Å²) in [6.45, 7) is 6.62. The Balaban J connectivity index is 1.51. The molecular weight excluding hydrogens is 352 g/mol. The van der Waals surface area contributed by atoms with E-state index in [-0.39, 0.29) is 5.91 Å². The third-order valence-electron chi connectivity index (χ3n) is 5.92. The number of anilines is 3. The van der Waals surface area contributed by atoms with Crippen LogP contribution in [0, 0.1) is 6.92 Å². The number of amides is 1. The van der Waals surface area contributed by atoms with E-state index >= 15 is 0 Å². The van der Waals surface area contributed by atoms with Crippen LogP contribution >= 0.6 is 0 Å². The number of ether oxygens (including phenoxy) is 1. The van der Waals surface area contributed by atoms with E-state index in [1.54, 1.807) is 6.20 Å². The number of fused-ring (bicyclic) bond motifs is 1. The summed E-state index contributed by atoms with van der Waals surface area (Å²) < 4.78 is 5.47. The van der Waals surface area contributed by atoms with E-state index in [2.05, 4.69) is 39.9 Å². The molecule has 2 fully saturated rings. The zero-order valence-electron chi connectivity index (χ0n) is 16.3. The molecule has 1 saturated heterocycles. The van der Waals surface area contributed by atoms with Crippen molar-refractivity contribution in [3.63, 3.8) is 0 Å². The first-order valence-electron chi connectivity index (χ1n) is 10.2. The molecule has 146 valence electrons. The van der Waals surface area contributed by atoms with Crippen LogP contribution in [0.25, 0.3) is 0 Å². The number of morpholine rings is 1. The van der Waals surface area contributed by atoms with E-state index in [9.17, 15) is 4.79 Å². The molecule has 6 heteroatoms. The second-order valence-corrected chi connectivity index (χ2v) is 7.80. The van der Waals surface area contributed by atoms with Crippen LogP contribution in [0.3, 0.4) is 0 Å². The number of rotatable bonds is 3. The minimum atomic E-state index is 0.0388. The van der Waals surface area contributed by atoms with E-state index in [1.165, 1.54) is 24.1 Å². The molecule has 1 saturated carbocycles. The van der Waals surface area contributed by atoms with E-state index in [1.807, 2.05) is 17.0 Å². The predicted octanol–water partition coefficient (Wildman–Crippen LogP) is 2.86. The molecule has 2 aliphatic heterocycles. The topological polar surface area (TPSA) is 48.9 Å². The largest absolute Gasteiger partial charge is 0.378 e. The monoisotopic (exact) mass is 378 g/mol. The zero-order chi connectivity index (χ0) is 19.1. The van der Waals surface area contributed by atoms with Crippen LogP contribution in [0.15, 0.2) is 36.5 Å². The van der Waals surface area contributed by atoms with Crippen molar-refractivity contribution in [2.45, 2.75) is 25.8 Å². The van der Waals surface area contributed by atoms with Crippen LogP contribution in [0.1, 0.15) is 28.8 Å². The van der Waals surface area contributed by atoms with Crippen molar-refractivity contribution in [1.29, 1.82) is 0 Å². The minimum Gasteiger partial charge on any atom is -0.378 e. The van der Waals surface area contributed by atoms with Gasteiger partial charge in [-0.2, -0.15) is 0 Å². The highest BCUT2D eigenvalue weighted by atomic mass is 16.5. The predicted molar refractivity (Wildman–Crippen MR) is 110 cm³/mol. The van der Waals surface area contributed by atoms with Crippen LogP contribution in [0.2, 0.25) is 0 Å². The molecule has 6 nitrogen and oxygen atoms in total. The molecule has 28 heavy (non-hydrogen) atoms. The second kappa shape index (κ2) is 7.09. The molecule has 0 atom stereocenters. The van der Waals surface area contributed by atoms with Gasteiger partial charge in [0.1, 0.15) is 5.82 Å². The van der Waals surface area contributed by atoms with Crippen LogP contribution in [-0.2, 0) is 4.74 Å². The van der Waals surface area contributed by atoms with Crippen molar-refractivity contribution in [3.8, 4) is 0 Å². The lowest BCUT2D eigenvalue weighted by atomic mass is 10.1. The number of para-hydroxylation sites is 1. The molecule has 1 aliphatic carbocycles. The molecule has 1 aromatic carbocycles. The number of aromatic nitrogens is 1. The number of nitrogens with zero attached hydrogens (tertiary/aromatic N) is 4. The Morgan fingerprint density at radius 1 is 1.07 bits per heavy atom. The fourth-order valence-corrected chi connectivity index (χ4v) is 4.37. The van der Waals surface area contributed by atoms with E-state index < -0.39 is 0 Å². The number of aryl methyl sites for hydroxylation is 1. The maximum Gasteiger partial charge on any atom is 0.262 e. The third kappa shape index (κ3) is 3.02. The molecule has 0 bridgehead atoms. The van der Waals surface area contributed by atoms with Gasteiger partial charge in [-0.05, 0) is 43.5 Å². The van der Waals surface area contributed by atoms with Gasteiger partial charge >= 0.3 is 0 Å². The molecule has 0 N–H and O–H groups in total. The molecular formula is C22H26N4O2. The number of benzene rings is 1. The van der Waals surface area contributed by atoms with Gasteiger partial charge in [0.15, 0.2) is 0 Å². The highest BCUT2D eigenvalue weighted by Crippen LogP contribution is 2.42. The summed E-state index contributed by atoms with van der Waals surface area (Å²) >= 11 is 0. The van der Waals surface area contributed by atoms with Crippen LogP contribution in [0.5, 0.6) is 0 Å². The van der Waals surface area contributed by atoms with Gasteiger partial charge in [-0.3, -0.25) is 4.79 Å². The fraction of sp³-hybridized carbons (Fsp3) is 0.455. The lowest BCUT2D eigenvalue weighted by molar-refractivity contribution is 0.0984. The van der Waals surface area contributed by atoms with Crippen LogP contribution in [0.4, 0.5) is 17.2 Å². The first-order valence-corrected chi connectivity index (χ1v) is 10.2. The zero-order valence-corrected chi connectivity index (χ0v) is 16.3. The number of hydrogen-bond acceptors (Lipinski definition) is 5. The van der Waals surface area contributed by atoms with Gasteiger partial charge in [0, 0.05) is 38.4 Å². The Labute approximate surface area is 165 Å². The Hall–Kier alpha value is -2.60. The smallest absolute Gasteiger partial charge is 0.262 e. The third-order valence-corrected chi connectivity index (χ3v) is 5.92. The summed E-state index contributed by atoms with van der Waals surface area (Å²) in [5.74, 6) is 0.812. The molecule has 0 unspecified atom stereocenters. The van der Waals surface area contributed by atoms with Crippen LogP contribution in [-0.4, -0.2) is 56.3 Å². The summed E-state index contributed by atoms with van der Waals surface area (Å²) in [4.78, 5) is 24.8. The van der Waals surface area contributed by atoms with E-state index in [0.29, 0.717) is 31.4 Å². The Bertz CT molecular complexity index is 890. The van der Waals surface area contributed by atoms with Crippen molar-refractivity contribution in [2.75, 3.05) is 54.1 Å². The Morgan fingerprint density at radius 3 is 2.68 bits per heavy atom. The summed E-state index contributed by atoms with van der Waals surface area (Å²) in [5.41, 5.74) is 4.17. The number of pyridine rings is 1. The van der Waals surface area contributed by atoms with Gasteiger partial charge in [-0.25, -0.2) is 4.98 Å². The summed E-state index contributed by atoms with van der Waals surface area (Å²) in [6, 6.07) is 10.7. The Kier molecular flexibility index (Phi) is 4.43. The molecule has 2 aromatic rings. The van der Waals surface area contributed by atoms with Gasteiger partial charge in [-0.1, -0.05) is 12.1 Å². The highest BCUT2D eigenvalue weighted by Gasteiger charge is 2.37. The van der Waals surface area contributed by atoms with E-state index in [4.69, 9.17) is 4.74 Å². The van der Waals surface area contributed by atoms with E-state index in [0.717, 1.165) is 31.1 Å². The normalized spacial score (nSPS) is 19.5. The lowest BCUT2D eigenvalue weighted by Gasteiger charge is -2.39. The number of carbonyl (C=O) groups excluding carboxylic acids is 1. The van der Waals surface area contributed by atoms with Gasteiger partial charge in [-0.15, -0.1) is 0 Å². The van der Waals surface area contributed by atoms with Gasteiger partial charge in [0.05, 0.1) is 30.2 Å². The second-order valence-electron chi connectivity index (χ2n) is 7.80. The SMILES string of the molecule is Cc1cccc2c1N(C1CC1)CCN2C(=O)c1cccnc1N1CCOCC1. The van der Waals surface area contributed by atoms with Crippen molar-refractivity contribution < 1.29 is 9.53 Å². The maximum atomic E-state index is 13.6. The van der Waals surface area contributed by atoms with Gasteiger partial charge in [0.25, 0.3) is 5.91 Å². The fourth-order valence-electron chi connectivity index (χ4n) is 4.37. The molecule has 0 radical (unpaired) electrons. The average Bonchev–Trinajstić information content (AvgIpc) is 3.59. The average molecular weight is 378 g/mol. The quantitative estimate of drug-likeness (QED) is 0.822. The first-order chi connectivity index (χ1) is 13.7. The van der Waals surface area contributed by atoms with Crippen molar-refractivity contribution in [2.24, 2.45) is 0 Å². The van der Waals surface area contributed by atoms with Gasteiger partial charge < -0.3 is 19.4 Å².